The monoisotopic (exact) mass is 284 g/mol. The number of hydrogen-bond donors (Lipinski definition) is 2. The van der Waals surface area contributed by atoms with Crippen molar-refractivity contribution >= 4 is 10.0 Å². The van der Waals surface area contributed by atoms with Gasteiger partial charge in [0.05, 0.1) is 5.75 Å². The van der Waals surface area contributed by atoms with Crippen molar-refractivity contribution < 1.29 is 8.42 Å². The molecule has 108 valence electrons. The molecule has 0 aliphatic heterocycles. The molecule has 0 unspecified atom stereocenters. The number of nitrogens with two attached hydrogens (primary N) is 1. The van der Waals surface area contributed by atoms with Crippen LogP contribution in [-0.2, 0) is 22.0 Å². The highest BCUT2D eigenvalue weighted by Crippen LogP contribution is 2.22. The van der Waals surface area contributed by atoms with E-state index >= 15 is 0 Å². The average molecular weight is 284 g/mol. The largest absolute Gasteiger partial charge is 0.313 e. The van der Waals surface area contributed by atoms with E-state index in [4.69, 9.17) is 5.14 Å². The Labute approximate surface area is 116 Å². The van der Waals surface area contributed by atoms with Crippen LogP contribution in [0.2, 0.25) is 0 Å². The van der Waals surface area contributed by atoms with E-state index < -0.39 is 10.0 Å². The molecule has 0 bridgehead atoms. The lowest BCUT2D eigenvalue weighted by atomic mass is 9.87. The van der Waals surface area contributed by atoms with Gasteiger partial charge in [0, 0.05) is 6.54 Å². The van der Waals surface area contributed by atoms with Crippen LogP contribution in [0.4, 0.5) is 0 Å². The third kappa shape index (κ3) is 6.71. The SMILES string of the molecule is CC(C)(C)c1ccc(CNCCCS(N)(=O)=O)cc1. The molecular weight excluding hydrogens is 260 g/mol. The summed E-state index contributed by atoms with van der Waals surface area (Å²) in [6, 6.07) is 8.49. The first-order chi connectivity index (χ1) is 8.68. The number of hydrogen-bond acceptors (Lipinski definition) is 3. The highest BCUT2D eigenvalue weighted by Gasteiger charge is 2.12. The summed E-state index contributed by atoms with van der Waals surface area (Å²) in [5.74, 6) is 0.0307. The van der Waals surface area contributed by atoms with Gasteiger partial charge in [-0.05, 0) is 29.5 Å². The maximum absolute atomic E-state index is 10.7. The summed E-state index contributed by atoms with van der Waals surface area (Å²) in [5, 5.41) is 8.14. The molecular formula is C14H24N2O2S. The molecule has 0 aliphatic carbocycles. The van der Waals surface area contributed by atoms with E-state index in [1.54, 1.807) is 0 Å². The van der Waals surface area contributed by atoms with E-state index in [0.717, 1.165) is 6.54 Å². The number of sulfonamides is 1. The van der Waals surface area contributed by atoms with Crippen LogP contribution in [0.3, 0.4) is 0 Å². The Morgan fingerprint density at radius 2 is 1.74 bits per heavy atom. The summed E-state index contributed by atoms with van der Waals surface area (Å²) in [6.07, 6.45) is 0.541. The van der Waals surface area contributed by atoms with Crippen LogP contribution >= 0.6 is 0 Å². The Morgan fingerprint density at radius 1 is 1.16 bits per heavy atom. The number of primary sulfonamides is 1. The smallest absolute Gasteiger partial charge is 0.209 e. The van der Waals surface area contributed by atoms with E-state index in [1.807, 2.05) is 0 Å². The molecule has 1 aromatic rings. The first-order valence-corrected chi connectivity index (χ1v) is 8.21. The van der Waals surface area contributed by atoms with Gasteiger partial charge in [-0.1, -0.05) is 45.0 Å². The van der Waals surface area contributed by atoms with Gasteiger partial charge in [0.1, 0.15) is 0 Å². The van der Waals surface area contributed by atoms with E-state index in [1.165, 1.54) is 11.1 Å². The van der Waals surface area contributed by atoms with Gasteiger partial charge in [-0.2, -0.15) is 0 Å². The second-order valence-electron chi connectivity index (χ2n) is 5.84. The molecule has 0 saturated carbocycles. The molecule has 0 amide bonds. The van der Waals surface area contributed by atoms with Crippen molar-refractivity contribution in [2.45, 2.75) is 39.2 Å². The fourth-order valence-corrected chi connectivity index (χ4v) is 2.30. The molecule has 4 nitrogen and oxygen atoms in total. The minimum Gasteiger partial charge on any atom is -0.313 e. The molecule has 3 N–H and O–H groups in total. The van der Waals surface area contributed by atoms with Crippen LogP contribution in [0.1, 0.15) is 38.3 Å². The molecule has 5 heteroatoms. The number of benzene rings is 1. The third-order valence-corrected chi connectivity index (χ3v) is 3.79. The zero-order valence-corrected chi connectivity index (χ0v) is 12.8. The van der Waals surface area contributed by atoms with Crippen LogP contribution in [0, 0.1) is 0 Å². The topological polar surface area (TPSA) is 72.2 Å². The second kappa shape index (κ2) is 6.50. The van der Waals surface area contributed by atoms with E-state index in [0.29, 0.717) is 13.0 Å². The Hall–Kier alpha value is -0.910. The molecule has 0 fully saturated rings. The first kappa shape index (κ1) is 16.1. The van der Waals surface area contributed by atoms with Crippen LogP contribution in [0.5, 0.6) is 0 Å². The average Bonchev–Trinajstić information content (AvgIpc) is 2.26. The molecule has 19 heavy (non-hydrogen) atoms. The van der Waals surface area contributed by atoms with Crippen molar-refractivity contribution in [1.29, 1.82) is 0 Å². The lowest BCUT2D eigenvalue weighted by Gasteiger charge is -2.19. The zero-order chi connectivity index (χ0) is 14.5. The summed E-state index contributed by atoms with van der Waals surface area (Å²) in [4.78, 5) is 0. The van der Waals surface area contributed by atoms with Crippen molar-refractivity contribution in [3.63, 3.8) is 0 Å². The quantitative estimate of drug-likeness (QED) is 0.782. The summed E-state index contributed by atoms with van der Waals surface area (Å²) in [5.41, 5.74) is 2.68. The Bertz CT molecular complexity index is 487. The summed E-state index contributed by atoms with van der Waals surface area (Å²) in [7, 11) is -3.33. The van der Waals surface area contributed by atoms with Crippen molar-refractivity contribution in [2.24, 2.45) is 5.14 Å². The molecule has 0 aromatic heterocycles. The summed E-state index contributed by atoms with van der Waals surface area (Å²) in [6.45, 7) is 7.96. The Balaban J connectivity index is 2.35. The minimum absolute atomic E-state index is 0.0307. The minimum atomic E-state index is -3.33. The van der Waals surface area contributed by atoms with Crippen LogP contribution < -0.4 is 10.5 Å². The van der Waals surface area contributed by atoms with Gasteiger partial charge in [0.25, 0.3) is 0 Å². The molecule has 0 atom stereocenters. The Kier molecular flexibility index (Phi) is 5.52. The predicted molar refractivity (Wildman–Crippen MR) is 79.4 cm³/mol. The molecule has 1 rings (SSSR count). The fourth-order valence-electron chi connectivity index (χ4n) is 1.75. The molecule has 0 spiro atoms. The molecule has 0 saturated heterocycles. The molecule has 1 aromatic carbocycles. The lowest BCUT2D eigenvalue weighted by molar-refractivity contribution is 0.588. The van der Waals surface area contributed by atoms with Gasteiger partial charge >= 0.3 is 0 Å². The lowest BCUT2D eigenvalue weighted by Crippen LogP contribution is -2.22. The standard InChI is InChI=1S/C14H24N2O2S/c1-14(2,3)13-7-5-12(6-8-13)11-16-9-4-10-19(15,17)18/h5-8,16H,4,9-11H2,1-3H3,(H2,15,17,18). The van der Waals surface area contributed by atoms with Crippen molar-refractivity contribution in [3.05, 3.63) is 35.4 Å². The van der Waals surface area contributed by atoms with Gasteiger partial charge in [0.15, 0.2) is 0 Å². The highest BCUT2D eigenvalue weighted by molar-refractivity contribution is 7.89. The number of rotatable bonds is 6. The molecule has 0 radical (unpaired) electrons. The van der Waals surface area contributed by atoms with Crippen LogP contribution in [0.25, 0.3) is 0 Å². The summed E-state index contributed by atoms with van der Waals surface area (Å²) >= 11 is 0. The second-order valence-corrected chi connectivity index (χ2v) is 7.58. The maximum atomic E-state index is 10.7. The van der Waals surface area contributed by atoms with Gasteiger partial charge in [-0.3, -0.25) is 0 Å². The Morgan fingerprint density at radius 3 is 2.21 bits per heavy atom. The molecule has 0 aliphatic rings. The fraction of sp³-hybridized carbons (Fsp3) is 0.571. The zero-order valence-electron chi connectivity index (χ0n) is 11.9. The van der Waals surface area contributed by atoms with Gasteiger partial charge in [-0.25, -0.2) is 13.6 Å². The van der Waals surface area contributed by atoms with Crippen molar-refractivity contribution in [1.82, 2.24) is 5.32 Å². The van der Waals surface area contributed by atoms with E-state index in [-0.39, 0.29) is 11.2 Å². The molecule has 0 heterocycles. The normalized spacial score (nSPS) is 12.6. The van der Waals surface area contributed by atoms with E-state index in [2.05, 4.69) is 50.4 Å². The third-order valence-electron chi connectivity index (χ3n) is 2.93. The van der Waals surface area contributed by atoms with Crippen LogP contribution in [0.15, 0.2) is 24.3 Å². The van der Waals surface area contributed by atoms with Gasteiger partial charge in [-0.15, -0.1) is 0 Å². The maximum Gasteiger partial charge on any atom is 0.209 e. The first-order valence-electron chi connectivity index (χ1n) is 6.49. The van der Waals surface area contributed by atoms with Crippen molar-refractivity contribution in [2.75, 3.05) is 12.3 Å². The van der Waals surface area contributed by atoms with E-state index in [9.17, 15) is 8.42 Å². The van der Waals surface area contributed by atoms with Crippen LogP contribution in [-0.4, -0.2) is 20.7 Å². The highest BCUT2D eigenvalue weighted by atomic mass is 32.2. The summed E-state index contributed by atoms with van der Waals surface area (Å²) < 4.78 is 21.5. The van der Waals surface area contributed by atoms with Crippen molar-refractivity contribution in [3.8, 4) is 0 Å². The van der Waals surface area contributed by atoms with Gasteiger partial charge in [0.2, 0.25) is 10.0 Å². The predicted octanol–water partition coefficient (Wildman–Crippen LogP) is 1.75. The van der Waals surface area contributed by atoms with Gasteiger partial charge < -0.3 is 5.32 Å². The number of nitrogens with one attached hydrogen (secondary N) is 1.